The summed E-state index contributed by atoms with van der Waals surface area (Å²) in [6.45, 7) is 4.96. The van der Waals surface area contributed by atoms with Crippen molar-refractivity contribution >= 4 is 18.6 Å². The zero-order valence-electron chi connectivity index (χ0n) is 18.0. The highest BCUT2D eigenvalue weighted by atomic mass is 19.4. The van der Waals surface area contributed by atoms with Gasteiger partial charge in [0.1, 0.15) is 0 Å². The number of aliphatic imine (C=N–C) groups is 2. The van der Waals surface area contributed by atoms with Crippen LogP contribution in [0.2, 0.25) is 0 Å². The lowest BCUT2D eigenvalue weighted by atomic mass is 10.0. The van der Waals surface area contributed by atoms with E-state index in [2.05, 4.69) is 32.0 Å². The van der Waals surface area contributed by atoms with Gasteiger partial charge >= 0.3 is 6.18 Å². The summed E-state index contributed by atoms with van der Waals surface area (Å²) < 4.78 is 38.2. The van der Waals surface area contributed by atoms with Crippen molar-refractivity contribution in [3.63, 3.8) is 0 Å². The van der Waals surface area contributed by atoms with Crippen molar-refractivity contribution < 1.29 is 18.0 Å². The van der Waals surface area contributed by atoms with E-state index in [-0.39, 0.29) is 29.9 Å². The van der Waals surface area contributed by atoms with E-state index in [1.807, 2.05) is 17.0 Å². The second-order valence-electron chi connectivity index (χ2n) is 8.15. The fourth-order valence-corrected chi connectivity index (χ4v) is 4.39. The van der Waals surface area contributed by atoms with Gasteiger partial charge < -0.3 is 10.2 Å². The molecule has 1 N–H and O–H groups in total. The zero-order chi connectivity index (χ0) is 23.6. The second kappa shape index (κ2) is 9.13. The minimum absolute atomic E-state index is 0.00151. The fourth-order valence-electron chi connectivity index (χ4n) is 4.39. The van der Waals surface area contributed by atoms with Gasteiger partial charge in [0.25, 0.3) is 5.91 Å². The van der Waals surface area contributed by atoms with Gasteiger partial charge in [-0.15, -0.1) is 0 Å². The third-order valence-electron chi connectivity index (χ3n) is 6.00. The van der Waals surface area contributed by atoms with Crippen molar-refractivity contribution in [1.29, 1.82) is 0 Å². The Labute approximate surface area is 189 Å². The molecule has 1 amide bonds. The Balaban J connectivity index is 1.54. The quantitative estimate of drug-likeness (QED) is 0.560. The molecule has 2 bridgehead atoms. The van der Waals surface area contributed by atoms with Crippen molar-refractivity contribution in [1.82, 2.24) is 20.2 Å². The summed E-state index contributed by atoms with van der Waals surface area (Å²) in [6.07, 6.45) is 1.09. The summed E-state index contributed by atoms with van der Waals surface area (Å²) in [6, 6.07) is 8.59. The SMILES string of the molecule is C=N/C(=N\C=C(/C)C(F)(F)F)NC1CC2CC1N(C(=O)c1ccccc1-c1ncccn1)C2. The maximum Gasteiger partial charge on any atom is 0.413 e. The van der Waals surface area contributed by atoms with Gasteiger partial charge in [-0.3, -0.25) is 4.79 Å². The molecular weight excluding hydrogens is 433 g/mol. The van der Waals surface area contributed by atoms with Gasteiger partial charge in [-0.2, -0.15) is 13.2 Å². The van der Waals surface area contributed by atoms with Crippen LogP contribution >= 0.6 is 0 Å². The molecule has 1 aliphatic heterocycles. The molecule has 2 aliphatic rings. The highest BCUT2D eigenvalue weighted by Crippen LogP contribution is 2.39. The van der Waals surface area contributed by atoms with Crippen LogP contribution in [-0.2, 0) is 0 Å². The topological polar surface area (TPSA) is 82.8 Å². The highest BCUT2D eigenvalue weighted by Gasteiger charge is 2.47. The van der Waals surface area contributed by atoms with Crippen LogP contribution in [0.3, 0.4) is 0 Å². The molecule has 33 heavy (non-hydrogen) atoms. The van der Waals surface area contributed by atoms with Crippen molar-refractivity contribution in [3.8, 4) is 11.4 Å². The number of piperidine rings is 1. The number of nitrogens with one attached hydrogen (secondary N) is 1. The van der Waals surface area contributed by atoms with Gasteiger partial charge in [-0.05, 0) is 44.5 Å². The molecule has 1 aliphatic carbocycles. The lowest BCUT2D eigenvalue weighted by Gasteiger charge is -2.34. The minimum Gasteiger partial charge on any atom is -0.349 e. The zero-order valence-corrected chi connectivity index (χ0v) is 18.0. The van der Waals surface area contributed by atoms with E-state index in [1.54, 1.807) is 30.6 Å². The highest BCUT2D eigenvalue weighted by molar-refractivity contribution is 6.00. The summed E-state index contributed by atoms with van der Waals surface area (Å²) in [5.74, 6) is 0.629. The van der Waals surface area contributed by atoms with Crippen LogP contribution in [0.15, 0.2) is 64.5 Å². The van der Waals surface area contributed by atoms with E-state index in [1.165, 1.54) is 0 Å². The van der Waals surface area contributed by atoms with Crippen molar-refractivity contribution in [2.45, 2.75) is 38.0 Å². The van der Waals surface area contributed by atoms with Crippen LogP contribution in [0.4, 0.5) is 13.2 Å². The van der Waals surface area contributed by atoms with E-state index >= 15 is 0 Å². The molecule has 1 aromatic heterocycles. The molecule has 1 aromatic carbocycles. The molecule has 2 aromatic rings. The monoisotopic (exact) mass is 456 g/mol. The summed E-state index contributed by atoms with van der Waals surface area (Å²) in [4.78, 5) is 31.4. The smallest absolute Gasteiger partial charge is 0.349 e. The average Bonchev–Trinajstić information content (AvgIpc) is 3.41. The van der Waals surface area contributed by atoms with Crippen LogP contribution in [0.5, 0.6) is 0 Å². The number of rotatable bonds is 4. The number of allylic oxidation sites excluding steroid dienone is 1. The van der Waals surface area contributed by atoms with Crippen LogP contribution in [0.1, 0.15) is 30.1 Å². The summed E-state index contributed by atoms with van der Waals surface area (Å²) in [5, 5.41) is 3.08. The van der Waals surface area contributed by atoms with Crippen LogP contribution in [0.25, 0.3) is 11.4 Å². The van der Waals surface area contributed by atoms with Crippen LogP contribution in [-0.4, -0.2) is 58.3 Å². The molecule has 3 atom stereocenters. The van der Waals surface area contributed by atoms with E-state index in [0.29, 0.717) is 23.5 Å². The molecule has 4 rings (SSSR count). The number of carbonyl (C=O) groups excluding carboxylic acids is 1. The number of likely N-dealkylation sites (tertiary alicyclic amines) is 1. The van der Waals surface area contributed by atoms with Gasteiger partial charge in [0, 0.05) is 42.3 Å². The molecule has 1 saturated heterocycles. The molecule has 3 unspecified atom stereocenters. The first-order valence-corrected chi connectivity index (χ1v) is 10.5. The molecular formula is C23H23F3N6O. The van der Waals surface area contributed by atoms with Gasteiger partial charge in [-0.25, -0.2) is 20.0 Å². The van der Waals surface area contributed by atoms with Gasteiger partial charge in [0.2, 0.25) is 5.96 Å². The number of alkyl halides is 3. The van der Waals surface area contributed by atoms with Gasteiger partial charge in [0.15, 0.2) is 5.82 Å². The number of benzene rings is 1. The number of guanidine groups is 1. The van der Waals surface area contributed by atoms with Crippen LogP contribution < -0.4 is 5.32 Å². The minimum atomic E-state index is -4.46. The number of amides is 1. The molecule has 172 valence electrons. The molecule has 0 radical (unpaired) electrons. The number of hydrogen-bond acceptors (Lipinski definition) is 4. The van der Waals surface area contributed by atoms with Crippen molar-refractivity contribution in [2.75, 3.05) is 6.54 Å². The Bertz CT molecular complexity index is 1100. The van der Waals surface area contributed by atoms with Crippen molar-refractivity contribution in [3.05, 3.63) is 60.1 Å². The molecule has 2 fully saturated rings. The number of carbonyl (C=O) groups is 1. The second-order valence-corrected chi connectivity index (χ2v) is 8.15. The maximum absolute atomic E-state index is 13.5. The standard InChI is InChI=1S/C23H23F3N6O/c1-14(23(24,25)26)12-30-22(27-2)31-18-10-15-11-19(18)32(13-15)21(33)17-7-4-3-6-16(17)20-28-8-5-9-29-20/h3-9,12,15,18-19H,2,10-11,13H2,1H3,(H,30,31)/b14-12+. The normalized spacial score (nSPS) is 23.0. The third-order valence-corrected chi connectivity index (χ3v) is 6.00. The Hall–Kier alpha value is -3.56. The largest absolute Gasteiger partial charge is 0.413 e. The number of nitrogens with zero attached hydrogens (tertiary/aromatic N) is 5. The van der Waals surface area contributed by atoms with E-state index in [0.717, 1.165) is 26.0 Å². The van der Waals surface area contributed by atoms with E-state index in [4.69, 9.17) is 0 Å². The lowest BCUT2D eigenvalue weighted by Crippen LogP contribution is -2.51. The lowest BCUT2D eigenvalue weighted by molar-refractivity contribution is -0.0914. The Morgan fingerprint density at radius 3 is 2.61 bits per heavy atom. The Morgan fingerprint density at radius 1 is 1.21 bits per heavy atom. The maximum atomic E-state index is 13.5. The molecule has 2 heterocycles. The predicted octanol–water partition coefficient (Wildman–Crippen LogP) is 3.86. The van der Waals surface area contributed by atoms with E-state index in [9.17, 15) is 18.0 Å². The van der Waals surface area contributed by atoms with Crippen molar-refractivity contribution in [2.24, 2.45) is 15.9 Å². The van der Waals surface area contributed by atoms with Crippen LogP contribution in [0, 0.1) is 5.92 Å². The molecule has 1 saturated carbocycles. The first-order valence-electron chi connectivity index (χ1n) is 10.5. The molecule has 10 heteroatoms. The van der Waals surface area contributed by atoms with Gasteiger partial charge in [-0.1, -0.05) is 18.2 Å². The summed E-state index contributed by atoms with van der Waals surface area (Å²) in [7, 11) is 0. The summed E-state index contributed by atoms with van der Waals surface area (Å²) >= 11 is 0. The number of hydrogen-bond donors (Lipinski definition) is 1. The number of aromatic nitrogens is 2. The molecule has 7 nitrogen and oxygen atoms in total. The number of halogens is 3. The first kappa shape index (κ1) is 22.6. The third kappa shape index (κ3) is 4.79. The predicted molar refractivity (Wildman–Crippen MR) is 119 cm³/mol. The number of fused-ring (bicyclic) bond motifs is 2. The van der Waals surface area contributed by atoms with E-state index < -0.39 is 11.7 Å². The first-order chi connectivity index (χ1) is 15.8. The Morgan fingerprint density at radius 2 is 1.94 bits per heavy atom. The fraction of sp³-hybridized carbons (Fsp3) is 0.348. The average molecular weight is 456 g/mol. The summed E-state index contributed by atoms with van der Waals surface area (Å²) in [5.41, 5.74) is 0.322. The molecule has 0 spiro atoms. The Kier molecular flexibility index (Phi) is 6.26. The van der Waals surface area contributed by atoms with Gasteiger partial charge in [0.05, 0.1) is 11.6 Å².